The van der Waals surface area contributed by atoms with E-state index in [9.17, 15) is 21.6 Å². The second-order valence-corrected chi connectivity index (χ2v) is 15.7. The van der Waals surface area contributed by atoms with Gasteiger partial charge in [0, 0.05) is 6.42 Å². The van der Waals surface area contributed by atoms with E-state index in [1.807, 2.05) is 0 Å². The molecule has 0 amide bonds. The number of halogens is 3. The molecule has 262 valence electrons. The maximum Gasteiger partial charge on any atom is 0.389 e. The summed E-state index contributed by atoms with van der Waals surface area (Å²) < 4.78 is 70.4. The van der Waals surface area contributed by atoms with E-state index in [1.54, 1.807) is 0 Å². The van der Waals surface area contributed by atoms with E-state index >= 15 is 0 Å². The molecule has 0 aromatic heterocycles. The van der Waals surface area contributed by atoms with Crippen molar-refractivity contribution >= 4 is 34.0 Å². The van der Waals surface area contributed by atoms with Gasteiger partial charge in [-0.2, -0.15) is 21.6 Å². The zero-order valence-electron chi connectivity index (χ0n) is 28.0. The molecule has 47 heavy (non-hydrogen) atoms. The van der Waals surface area contributed by atoms with Crippen molar-refractivity contribution in [2.45, 2.75) is 116 Å². The average molecular weight is 695 g/mol. The molecule has 9 heteroatoms. The zero-order valence-corrected chi connectivity index (χ0v) is 29.7. The third-order valence-corrected chi connectivity index (χ3v) is 11.0. The molecule has 0 aliphatic carbocycles. The monoisotopic (exact) mass is 694 g/mol. The van der Waals surface area contributed by atoms with Gasteiger partial charge in [0.1, 0.15) is 5.75 Å². The molecule has 3 rings (SSSR count). The number of hydrogen-bond donors (Lipinski definition) is 1. The summed E-state index contributed by atoms with van der Waals surface area (Å²) in [4.78, 5) is 0. The molecule has 0 fully saturated rings. The molecule has 0 radical (unpaired) electrons. The Bertz CT molecular complexity index is 1250. The highest BCUT2D eigenvalue weighted by Crippen LogP contribution is 2.33. The number of rotatable bonds is 22. The molecule has 0 aliphatic heterocycles. The number of hydrogen-bond acceptors (Lipinski definition) is 3. The van der Waals surface area contributed by atoms with Gasteiger partial charge in [-0.15, -0.1) is 0 Å². The topological polar surface area (TPSA) is 63.6 Å². The lowest BCUT2D eigenvalue weighted by molar-refractivity contribution is -0.135. The van der Waals surface area contributed by atoms with Crippen molar-refractivity contribution in [3.63, 3.8) is 0 Å². The van der Waals surface area contributed by atoms with Crippen LogP contribution >= 0.6 is 7.92 Å². The van der Waals surface area contributed by atoms with Crippen molar-refractivity contribution in [1.29, 1.82) is 0 Å². The molecule has 0 aliphatic rings. The number of benzene rings is 3. The van der Waals surface area contributed by atoms with Crippen LogP contribution in [0.15, 0.2) is 84.9 Å². The lowest BCUT2D eigenvalue weighted by atomic mass is 10.1. The highest BCUT2D eigenvalue weighted by molar-refractivity contribution is 7.85. The molecule has 3 aromatic carbocycles. The van der Waals surface area contributed by atoms with Gasteiger partial charge in [0.25, 0.3) is 10.1 Å². The molecule has 0 heterocycles. The van der Waals surface area contributed by atoms with Crippen LogP contribution in [0.4, 0.5) is 13.2 Å². The van der Waals surface area contributed by atoms with Gasteiger partial charge in [-0.3, -0.25) is 4.55 Å². The van der Waals surface area contributed by atoms with Crippen LogP contribution in [0, 0.1) is 0 Å². The SMILES string of the molecule is CCCCCCCCCCOc1ccc(P(c2ccccc2)c2ccccc2)cc1.O=S(=O)(O)CCCCCCCCCC(F)(F)F. The second kappa shape index (κ2) is 23.8. The molecule has 3 aromatic rings. The third kappa shape index (κ3) is 20.5. The Kier molecular flexibility index (Phi) is 20.7. The van der Waals surface area contributed by atoms with Gasteiger partial charge in [0.05, 0.1) is 12.4 Å². The van der Waals surface area contributed by atoms with Crippen LogP contribution in [0.3, 0.4) is 0 Å². The summed E-state index contributed by atoms with van der Waals surface area (Å²) in [6.07, 6.45) is 9.98. The van der Waals surface area contributed by atoms with E-state index in [4.69, 9.17) is 9.29 Å². The van der Waals surface area contributed by atoms with E-state index in [-0.39, 0.29) is 12.2 Å². The van der Waals surface area contributed by atoms with Crippen LogP contribution in [0.1, 0.15) is 110 Å². The number of unbranched alkanes of at least 4 members (excludes halogenated alkanes) is 13. The lowest BCUT2D eigenvalue weighted by Crippen LogP contribution is -2.20. The van der Waals surface area contributed by atoms with Gasteiger partial charge in [-0.1, -0.05) is 157 Å². The number of alkyl halides is 3. The smallest absolute Gasteiger partial charge is 0.389 e. The molecule has 0 bridgehead atoms. The highest BCUT2D eigenvalue weighted by Gasteiger charge is 2.25. The maximum absolute atomic E-state index is 11.8. The molecule has 1 N–H and O–H groups in total. The molecule has 0 saturated carbocycles. The largest absolute Gasteiger partial charge is 0.494 e. The first kappa shape index (κ1) is 40.8. The van der Waals surface area contributed by atoms with Gasteiger partial charge >= 0.3 is 6.18 Å². The Morgan fingerprint density at radius 1 is 0.596 bits per heavy atom. The maximum atomic E-state index is 11.8. The summed E-state index contributed by atoms with van der Waals surface area (Å²) in [5.74, 6) is 0.749. The molecular formula is C38H54F3O4PS. The van der Waals surface area contributed by atoms with Crippen LogP contribution < -0.4 is 20.7 Å². The van der Waals surface area contributed by atoms with Crippen molar-refractivity contribution in [1.82, 2.24) is 0 Å². The van der Waals surface area contributed by atoms with Gasteiger partial charge in [-0.25, -0.2) is 0 Å². The van der Waals surface area contributed by atoms with Crippen LogP contribution in [0.25, 0.3) is 0 Å². The van der Waals surface area contributed by atoms with Gasteiger partial charge in [0.2, 0.25) is 0 Å². The first-order valence-electron chi connectivity index (χ1n) is 17.2. The van der Waals surface area contributed by atoms with Crippen molar-refractivity contribution in [3.8, 4) is 5.75 Å². The Hall–Kier alpha value is -2.41. The standard InChI is InChI=1S/C28H35OP.C10H19F3O3S/c1-2-3-4-5-6-7-8-15-24-29-25-20-22-28(23-21-25)30(26-16-11-9-12-17-26)27-18-13-10-14-19-27;11-10(12,13)8-6-4-2-1-3-5-7-9-17(14,15)16/h9-14,16-23H,2-8,15,24H2,1H3;1-9H2,(H,14,15,16). The fourth-order valence-electron chi connectivity index (χ4n) is 5.21. The van der Waals surface area contributed by atoms with Gasteiger partial charge < -0.3 is 4.74 Å². The average Bonchev–Trinajstić information content (AvgIpc) is 3.04. The lowest BCUT2D eigenvalue weighted by Gasteiger charge is -2.19. The number of ether oxygens (including phenoxy) is 1. The van der Waals surface area contributed by atoms with Crippen molar-refractivity contribution in [2.75, 3.05) is 12.4 Å². The predicted molar refractivity (Wildman–Crippen MR) is 193 cm³/mol. The molecule has 0 saturated heterocycles. The van der Waals surface area contributed by atoms with E-state index in [0.717, 1.165) is 38.0 Å². The summed E-state index contributed by atoms with van der Waals surface area (Å²) in [5.41, 5.74) is 0. The minimum Gasteiger partial charge on any atom is -0.494 e. The Morgan fingerprint density at radius 3 is 1.49 bits per heavy atom. The first-order chi connectivity index (χ1) is 22.6. The van der Waals surface area contributed by atoms with Crippen LogP contribution in [0.5, 0.6) is 5.75 Å². The minimum atomic E-state index is -4.06. The molecular weight excluding hydrogens is 640 g/mol. The summed E-state index contributed by atoms with van der Waals surface area (Å²) in [7, 11) is -4.41. The fraction of sp³-hybridized carbons (Fsp3) is 0.526. The quantitative estimate of drug-likeness (QED) is 0.0646. The van der Waals surface area contributed by atoms with E-state index in [0.29, 0.717) is 19.3 Å². The highest BCUT2D eigenvalue weighted by atomic mass is 32.2. The molecule has 0 unspecified atom stereocenters. The predicted octanol–water partition coefficient (Wildman–Crippen LogP) is 10.5. The summed E-state index contributed by atoms with van der Waals surface area (Å²) in [5, 5.41) is 4.12. The zero-order chi connectivity index (χ0) is 34.2. The first-order valence-corrected chi connectivity index (χ1v) is 20.2. The van der Waals surface area contributed by atoms with E-state index in [2.05, 4.69) is 91.9 Å². The van der Waals surface area contributed by atoms with Crippen LogP contribution in [-0.2, 0) is 10.1 Å². The Balaban J connectivity index is 0.000000387. The van der Waals surface area contributed by atoms with Crippen molar-refractivity contribution in [2.24, 2.45) is 0 Å². The third-order valence-electron chi connectivity index (χ3n) is 7.75. The van der Waals surface area contributed by atoms with Gasteiger partial charge in [0.15, 0.2) is 0 Å². The second-order valence-electron chi connectivity index (χ2n) is 11.9. The summed E-state index contributed by atoms with van der Waals surface area (Å²) in [6, 6.07) is 30.4. The fourth-order valence-corrected chi connectivity index (χ4v) is 8.06. The summed E-state index contributed by atoms with van der Waals surface area (Å²) in [6.45, 7) is 3.09. The van der Waals surface area contributed by atoms with Crippen LogP contribution in [0.2, 0.25) is 0 Å². The van der Waals surface area contributed by atoms with Crippen molar-refractivity contribution in [3.05, 3.63) is 84.9 Å². The van der Waals surface area contributed by atoms with E-state index in [1.165, 1.54) is 60.9 Å². The normalized spacial score (nSPS) is 11.7. The Labute approximate surface area is 283 Å². The van der Waals surface area contributed by atoms with Crippen LogP contribution in [-0.4, -0.2) is 31.5 Å². The summed E-state index contributed by atoms with van der Waals surface area (Å²) >= 11 is 0. The Morgan fingerprint density at radius 2 is 1.02 bits per heavy atom. The molecule has 4 nitrogen and oxygen atoms in total. The molecule has 0 spiro atoms. The van der Waals surface area contributed by atoms with Crippen molar-refractivity contribution < 1.29 is 30.9 Å². The molecule has 0 atom stereocenters. The van der Waals surface area contributed by atoms with E-state index < -0.39 is 30.6 Å². The minimum absolute atomic E-state index is 0.161. The van der Waals surface area contributed by atoms with Gasteiger partial charge in [-0.05, 0) is 55.2 Å².